The van der Waals surface area contributed by atoms with E-state index in [-0.39, 0.29) is 10.5 Å². The van der Waals surface area contributed by atoms with Crippen molar-refractivity contribution < 1.29 is 18.0 Å². The molecule has 2 aromatic rings. The van der Waals surface area contributed by atoms with Gasteiger partial charge in [-0.05, 0) is 30.2 Å². The van der Waals surface area contributed by atoms with Gasteiger partial charge < -0.3 is 5.10 Å². The molecule has 144 valence electrons. The molecule has 0 spiro atoms. The molecule has 0 unspecified atom stereocenters. The summed E-state index contributed by atoms with van der Waals surface area (Å²) in [5.41, 5.74) is 4.13. The van der Waals surface area contributed by atoms with E-state index in [0.29, 0.717) is 41.8 Å². The maximum Gasteiger partial charge on any atom is 0.277 e. The zero-order valence-corrected chi connectivity index (χ0v) is 16.1. The Bertz CT molecular complexity index is 1090. The van der Waals surface area contributed by atoms with E-state index >= 15 is 0 Å². The van der Waals surface area contributed by atoms with Crippen LogP contribution in [-0.2, 0) is 28.1 Å². The minimum absolute atomic E-state index is 0.0116. The van der Waals surface area contributed by atoms with Gasteiger partial charge in [0.25, 0.3) is 5.56 Å². The number of carbonyl (C=O) groups is 1. The Morgan fingerprint density at radius 3 is 2.56 bits per heavy atom. The van der Waals surface area contributed by atoms with Crippen LogP contribution in [0.3, 0.4) is 0 Å². The number of rotatable bonds is 6. The van der Waals surface area contributed by atoms with Crippen molar-refractivity contribution in [1.29, 1.82) is 0 Å². The SMILES string of the molecule is CCCc1c(C(=O)c2c[nH]n(C)c2=O)ccc(S(C)(=O)=O)c1C1=CCON1. The van der Waals surface area contributed by atoms with Crippen molar-refractivity contribution in [2.24, 2.45) is 7.05 Å². The van der Waals surface area contributed by atoms with Crippen LogP contribution < -0.4 is 11.0 Å². The predicted molar refractivity (Wildman–Crippen MR) is 100 cm³/mol. The number of nitrogens with zero attached hydrogens (tertiary/aromatic N) is 1. The molecule has 27 heavy (non-hydrogen) atoms. The lowest BCUT2D eigenvalue weighted by Gasteiger charge is -2.18. The number of hydrogen-bond acceptors (Lipinski definition) is 6. The Morgan fingerprint density at radius 1 is 1.30 bits per heavy atom. The average molecular weight is 391 g/mol. The van der Waals surface area contributed by atoms with Crippen molar-refractivity contribution in [3.8, 4) is 0 Å². The maximum absolute atomic E-state index is 13.1. The number of benzene rings is 1. The second-order valence-corrected chi connectivity index (χ2v) is 8.38. The van der Waals surface area contributed by atoms with Crippen LogP contribution in [0, 0.1) is 0 Å². The first-order valence-corrected chi connectivity index (χ1v) is 10.4. The number of aryl methyl sites for hydroxylation is 1. The lowest BCUT2D eigenvalue weighted by atomic mass is 9.91. The van der Waals surface area contributed by atoms with Crippen LogP contribution in [0.4, 0.5) is 0 Å². The first-order chi connectivity index (χ1) is 12.8. The Kier molecular flexibility index (Phi) is 5.07. The van der Waals surface area contributed by atoms with Gasteiger partial charge in [0.15, 0.2) is 15.6 Å². The predicted octanol–water partition coefficient (Wildman–Crippen LogP) is 1.18. The van der Waals surface area contributed by atoms with E-state index in [1.54, 1.807) is 6.08 Å². The standard InChI is InChI=1S/C18H21N3O5S/c1-4-5-11-12(17(22)13-10-19-21(2)18(13)23)6-7-15(27(3,24)25)16(11)14-8-9-26-20-14/h6-8,10,19-20H,4-5,9H2,1-3H3. The van der Waals surface area contributed by atoms with Gasteiger partial charge in [0, 0.05) is 30.6 Å². The first-order valence-electron chi connectivity index (χ1n) is 8.49. The van der Waals surface area contributed by atoms with E-state index in [2.05, 4.69) is 10.6 Å². The molecule has 1 aliphatic heterocycles. The zero-order valence-electron chi connectivity index (χ0n) is 15.3. The molecule has 2 N–H and O–H groups in total. The molecule has 9 heteroatoms. The largest absolute Gasteiger partial charge is 0.302 e. The molecule has 8 nitrogen and oxygen atoms in total. The van der Waals surface area contributed by atoms with E-state index < -0.39 is 21.2 Å². The molecule has 0 bridgehead atoms. The molecule has 2 heterocycles. The number of hydroxylamine groups is 1. The first kappa shape index (κ1) is 19.1. The van der Waals surface area contributed by atoms with Crippen molar-refractivity contribution in [2.45, 2.75) is 24.7 Å². The number of nitrogens with one attached hydrogen (secondary N) is 2. The fraction of sp³-hybridized carbons (Fsp3) is 0.333. The van der Waals surface area contributed by atoms with Crippen molar-refractivity contribution in [1.82, 2.24) is 15.3 Å². The third-order valence-corrected chi connectivity index (χ3v) is 5.56. The molecule has 0 atom stereocenters. The smallest absolute Gasteiger partial charge is 0.277 e. The molecule has 0 radical (unpaired) electrons. The Balaban J connectivity index is 2.29. The highest BCUT2D eigenvalue weighted by Crippen LogP contribution is 2.32. The van der Waals surface area contributed by atoms with Gasteiger partial charge in [-0.3, -0.25) is 24.6 Å². The van der Waals surface area contributed by atoms with Crippen molar-refractivity contribution in [2.75, 3.05) is 12.9 Å². The Labute approximate surface area is 156 Å². The van der Waals surface area contributed by atoms with Crippen LogP contribution in [0.2, 0.25) is 0 Å². The molecule has 3 rings (SSSR count). The molecule has 0 saturated heterocycles. The quantitative estimate of drug-likeness (QED) is 0.716. The third-order valence-electron chi connectivity index (χ3n) is 4.42. The van der Waals surface area contributed by atoms with E-state index in [4.69, 9.17) is 4.84 Å². The average Bonchev–Trinajstić information content (AvgIpc) is 3.24. The van der Waals surface area contributed by atoms with Gasteiger partial charge in [-0.25, -0.2) is 8.42 Å². The number of carbonyl (C=O) groups excluding carboxylic acids is 1. The molecule has 0 amide bonds. The van der Waals surface area contributed by atoms with E-state index in [1.165, 1.54) is 30.1 Å². The van der Waals surface area contributed by atoms with Crippen LogP contribution >= 0.6 is 0 Å². The minimum atomic E-state index is -3.54. The van der Waals surface area contributed by atoms with Crippen molar-refractivity contribution in [3.63, 3.8) is 0 Å². The lowest BCUT2D eigenvalue weighted by Crippen LogP contribution is -2.21. The van der Waals surface area contributed by atoms with Gasteiger partial charge in [0.05, 0.1) is 17.2 Å². The normalized spacial score (nSPS) is 14.1. The number of ketones is 1. The minimum Gasteiger partial charge on any atom is -0.302 e. The molecule has 0 aliphatic carbocycles. The molecular formula is C18H21N3O5S. The van der Waals surface area contributed by atoms with Crippen molar-refractivity contribution >= 4 is 21.3 Å². The number of aromatic amines is 1. The molecule has 0 saturated carbocycles. The summed E-state index contributed by atoms with van der Waals surface area (Å²) in [7, 11) is -2.02. The van der Waals surface area contributed by atoms with Gasteiger partial charge in [-0.2, -0.15) is 0 Å². The number of H-pyrrole nitrogens is 1. The summed E-state index contributed by atoms with van der Waals surface area (Å²) in [6.07, 6.45) is 5.39. The number of sulfone groups is 1. The Morgan fingerprint density at radius 2 is 2.04 bits per heavy atom. The van der Waals surface area contributed by atoms with Crippen LogP contribution in [0.1, 0.15) is 40.4 Å². The summed E-state index contributed by atoms with van der Waals surface area (Å²) in [6.45, 7) is 2.23. The molecule has 1 aromatic heterocycles. The Hall–Kier alpha value is -2.65. The topological polar surface area (TPSA) is 110 Å². The summed E-state index contributed by atoms with van der Waals surface area (Å²) >= 11 is 0. The van der Waals surface area contributed by atoms with Gasteiger partial charge in [0.1, 0.15) is 5.56 Å². The highest BCUT2D eigenvalue weighted by molar-refractivity contribution is 7.90. The summed E-state index contributed by atoms with van der Waals surface area (Å²) in [4.78, 5) is 30.5. The van der Waals surface area contributed by atoms with Gasteiger partial charge in [0.2, 0.25) is 0 Å². The van der Waals surface area contributed by atoms with E-state index in [0.717, 1.165) is 6.26 Å². The summed E-state index contributed by atoms with van der Waals surface area (Å²) in [6, 6.07) is 2.89. The molecular weight excluding hydrogens is 370 g/mol. The van der Waals surface area contributed by atoms with Crippen molar-refractivity contribution in [3.05, 3.63) is 57.0 Å². The molecule has 1 aromatic carbocycles. The molecule has 0 fully saturated rings. The third kappa shape index (κ3) is 3.47. The monoisotopic (exact) mass is 391 g/mol. The van der Waals surface area contributed by atoms with Crippen LogP contribution in [0.25, 0.3) is 5.70 Å². The van der Waals surface area contributed by atoms with Gasteiger partial charge in [-0.1, -0.05) is 13.3 Å². The summed E-state index contributed by atoms with van der Waals surface area (Å²) in [5.74, 6) is -0.443. The fourth-order valence-corrected chi connectivity index (χ4v) is 4.08. The van der Waals surface area contributed by atoms with Crippen LogP contribution in [0.5, 0.6) is 0 Å². The maximum atomic E-state index is 13.1. The summed E-state index contributed by atoms with van der Waals surface area (Å²) in [5, 5.41) is 2.69. The second-order valence-electron chi connectivity index (χ2n) is 6.40. The number of hydrogen-bond donors (Lipinski definition) is 2. The van der Waals surface area contributed by atoms with Crippen LogP contribution in [0.15, 0.2) is 34.1 Å². The highest BCUT2D eigenvalue weighted by Gasteiger charge is 2.27. The van der Waals surface area contributed by atoms with E-state index in [9.17, 15) is 18.0 Å². The highest BCUT2D eigenvalue weighted by atomic mass is 32.2. The second kappa shape index (κ2) is 7.16. The van der Waals surface area contributed by atoms with E-state index in [1.807, 2.05) is 6.92 Å². The lowest BCUT2D eigenvalue weighted by molar-refractivity contribution is 0.103. The van der Waals surface area contributed by atoms with Gasteiger partial charge >= 0.3 is 0 Å². The fourth-order valence-electron chi connectivity index (χ4n) is 3.16. The zero-order chi connectivity index (χ0) is 19.8. The molecule has 1 aliphatic rings. The number of aromatic nitrogens is 2. The van der Waals surface area contributed by atoms with Crippen LogP contribution in [-0.4, -0.2) is 36.8 Å². The van der Waals surface area contributed by atoms with Gasteiger partial charge in [-0.15, -0.1) is 0 Å². The summed E-state index contributed by atoms with van der Waals surface area (Å²) < 4.78 is 25.9.